The van der Waals surface area contributed by atoms with E-state index in [1.54, 1.807) is 31.2 Å². The lowest BCUT2D eigenvalue weighted by Crippen LogP contribution is -2.02. The first kappa shape index (κ1) is 15.8. The number of aryl methyl sites for hydroxylation is 1. The quantitative estimate of drug-likeness (QED) is 0.625. The number of hydrogen-bond acceptors (Lipinski definition) is 4. The number of benzene rings is 2. The monoisotopic (exact) mass is 298 g/mol. The van der Waals surface area contributed by atoms with Crippen molar-refractivity contribution in [3.05, 3.63) is 64.7 Å². The van der Waals surface area contributed by atoms with Crippen LogP contribution in [0.3, 0.4) is 0 Å². The van der Waals surface area contributed by atoms with Crippen LogP contribution >= 0.6 is 0 Å². The SMILES string of the molecule is COC(=O)c1ccc(COc2ccc(C(C)=O)c(C)c2)cc1. The summed E-state index contributed by atoms with van der Waals surface area (Å²) in [6, 6.07) is 12.5. The summed E-state index contributed by atoms with van der Waals surface area (Å²) in [5.41, 5.74) is 3.05. The number of carbonyl (C=O) groups excluding carboxylic acids is 2. The van der Waals surface area contributed by atoms with Crippen molar-refractivity contribution < 1.29 is 19.1 Å². The minimum atomic E-state index is -0.358. The Hall–Kier alpha value is -2.62. The van der Waals surface area contributed by atoms with E-state index in [4.69, 9.17) is 4.74 Å². The molecule has 0 saturated heterocycles. The maximum atomic E-state index is 11.4. The summed E-state index contributed by atoms with van der Waals surface area (Å²) >= 11 is 0. The van der Waals surface area contributed by atoms with Crippen LogP contribution in [0.4, 0.5) is 0 Å². The predicted molar refractivity (Wildman–Crippen MR) is 83.3 cm³/mol. The van der Waals surface area contributed by atoms with Crippen molar-refractivity contribution in [3.8, 4) is 5.75 Å². The van der Waals surface area contributed by atoms with Gasteiger partial charge in [-0.25, -0.2) is 4.79 Å². The Morgan fingerprint density at radius 3 is 2.27 bits per heavy atom. The molecule has 0 heterocycles. The van der Waals surface area contributed by atoms with E-state index in [9.17, 15) is 9.59 Å². The van der Waals surface area contributed by atoms with E-state index in [1.807, 2.05) is 25.1 Å². The normalized spacial score (nSPS) is 10.1. The standard InChI is InChI=1S/C18H18O4/c1-12-10-16(8-9-17(12)13(2)19)22-11-14-4-6-15(7-5-14)18(20)21-3/h4-10H,11H2,1-3H3. The van der Waals surface area contributed by atoms with Gasteiger partial charge >= 0.3 is 5.97 Å². The average Bonchev–Trinajstić information content (AvgIpc) is 2.52. The minimum absolute atomic E-state index is 0.0439. The maximum absolute atomic E-state index is 11.4. The maximum Gasteiger partial charge on any atom is 0.337 e. The fourth-order valence-electron chi connectivity index (χ4n) is 2.14. The molecule has 0 saturated carbocycles. The molecule has 114 valence electrons. The van der Waals surface area contributed by atoms with Crippen LogP contribution < -0.4 is 4.74 Å². The zero-order valence-electron chi connectivity index (χ0n) is 12.9. The smallest absolute Gasteiger partial charge is 0.337 e. The summed E-state index contributed by atoms with van der Waals surface area (Å²) in [5, 5.41) is 0. The van der Waals surface area contributed by atoms with Gasteiger partial charge in [0, 0.05) is 5.56 Å². The molecule has 0 amide bonds. The molecule has 22 heavy (non-hydrogen) atoms. The van der Waals surface area contributed by atoms with E-state index in [1.165, 1.54) is 7.11 Å². The van der Waals surface area contributed by atoms with E-state index >= 15 is 0 Å². The third-order valence-electron chi connectivity index (χ3n) is 3.36. The minimum Gasteiger partial charge on any atom is -0.489 e. The Kier molecular flexibility index (Phi) is 4.94. The lowest BCUT2D eigenvalue weighted by Gasteiger charge is -2.09. The molecule has 2 aromatic carbocycles. The number of esters is 1. The van der Waals surface area contributed by atoms with Gasteiger partial charge in [-0.3, -0.25) is 4.79 Å². The van der Waals surface area contributed by atoms with Gasteiger partial charge in [0.15, 0.2) is 5.78 Å². The zero-order valence-corrected chi connectivity index (χ0v) is 12.9. The number of rotatable bonds is 5. The molecule has 0 fully saturated rings. The summed E-state index contributed by atoms with van der Waals surface area (Å²) in [6.45, 7) is 3.82. The third-order valence-corrected chi connectivity index (χ3v) is 3.36. The van der Waals surface area contributed by atoms with Crippen LogP contribution in [0.2, 0.25) is 0 Å². The van der Waals surface area contributed by atoms with Crippen molar-refractivity contribution in [2.24, 2.45) is 0 Å². The van der Waals surface area contributed by atoms with E-state index in [2.05, 4.69) is 4.74 Å². The van der Waals surface area contributed by atoms with Crippen molar-refractivity contribution in [1.29, 1.82) is 0 Å². The van der Waals surface area contributed by atoms with Crippen LogP contribution in [0.1, 0.15) is 38.8 Å². The third kappa shape index (κ3) is 3.73. The molecule has 0 N–H and O–H groups in total. The van der Waals surface area contributed by atoms with Crippen molar-refractivity contribution >= 4 is 11.8 Å². The molecule has 0 aromatic heterocycles. The van der Waals surface area contributed by atoms with Crippen molar-refractivity contribution in [2.75, 3.05) is 7.11 Å². The summed E-state index contributed by atoms with van der Waals surface area (Å²) in [7, 11) is 1.35. The average molecular weight is 298 g/mol. The fourth-order valence-corrected chi connectivity index (χ4v) is 2.14. The molecule has 0 radical (unpaired) electrons. The first-order valence-electron chi connectivity index (χ1n) is 6.93. The summed E-state index contributed by atoms with van der Waals surface area (Å²) < 4.78 is 10.4. The molecule has 0 aliphatic rings. The van der Waals surface area contributed by atoms with Gasteiger partial charge in [-0.15, -0.1) is 0 Å². The first-order chi connectivity index (χ1) is 10.5. The summed E-state index contributed by atoms with van der Waals surface area (Å²) in [5.74, 6) is 0.393. The summed E-state index contributed by atoms with van der Waals surface area (Å²) in [6.07, 6.45) is 0. The Labute approximate surface area is 129 Å². The second-order valence-electron chi connectivity index (χ2n) is 5.01. The molecule has 0 atom stereocenters. The van der Waals surface area contributed by atoms with Crippen LogP contribution in [0.15, 0.2) is 42.5 Å². The zero-order chi connectivity index (χ0) is 16.1. The van der Waals surface area contributed by atoms with Gasteiger partial charge in [0.25, 0.3) is 0 Å². The van der Waals surface area contributed by atoms with Gasteiger partial charge in [0.2, 0.25) is 0 Å². The van der Waals surface area contributed by atoms with Gasteiger partial charge in [0.1, 0.15) is 12.4 Å². The van der Waals surface area contributed by atoms with E-state index in [-0.39, 0.29) is 11.8 Å². The molecular weight excluding hydrogens is 280 g/mol. The predicted octanol–water partition coefficient (Wildman–Crippen LogP) is 3.56. The Balaban J connectivity index is 2.02. The van der Waals surface area contributed by atoms with E-state index in [0.717, 1.165) is 11.1 Å². The Morgan fingerprint density at radius 2 is 1.73 bits per heavy atom. The lowest BCUT2D eigenvalue weighted by molar-refractivity contribution is 0.0600. The fraction of sp³-hybridized carbons (Fsp3) is 0.222. The van der Waals surface area contributed by atoms with Crippen molar-refractivity contribution in [3.63, 3.8) is 0 Å². The van der Waals surface area contributed by atoms with Gasteiger partial charge < -0.3 is 9.47 Å². The van der Waals surface area contributed by atoms with Crippen LogP contribution in [0.25, 0.3) is 0 Å². The molecule has 4 nitrogen and oxygen atoms in total. The molecular formula is C18H18O4. The number of hydrogen-bond donors (Lipinski definition) is 0. The van der Waals surface area contributed by atoms with Crippen molar-refractivity contribution in [1.82, 2.24) is 0 Å². The highest BCUT2D eigenvalue weighted by Crippen LogP contribution is 2.19. The molecule has 0 aliphatic heterocycles. The van der Waals surface area contributed by atoms with Gasteiger partial charge in [-0.05, 0) is 55.3 Å². The molecule has 2 rings (SSSR count). The largest absolute Gasteiger partial charge is 0.489 e. The highest BCUT2D eigenvalue weighted by molar-refractivity contribution is 5.95. The van der Waals surface area contributed by atoms with Crippen LogP contribution in [-0.2, 0) is 11.3 Å². The van der Waals surface area contributed by atoms with E-state index < -0.39 is 0 Å². The number of ketones is 1. The highest BCUT2D eigenvalue weighted by Gasteiger charge is 2.06. The van der Waals surface area contributed by atoms with Crippen LogP contribution in [0, 0.1) is 6.92 Å². The Morgan fingerprint density at radius 1 is 1.05 bits per heavy atom. The van der Waals surface area contributed by atoms with Crippen LogP contribution in [0.5, 0.6) is 5.75 Å². The van der Waals surface area contributed by atoms with Gasteiger partial charge in [0.05, 0.1) is 12.7 Å². The lowest BCUT2D eigenvalue weighted by atomic mass is 10.1. The summed E-state index contributed by atoms with van der Waals surface area (Å²) in [4.78, 5) is 22.7. The second-order valence-corrected chi connectivity index (χ2v) is 5.01. The molecule has 0 aliphatic carbocycles. The number of methoxy groups -OCH3 is 1. The molecule has 0 bridgehead atoms. The highest BCUT2D eigenvalue weighted by atomic mass is 16.5. The molecule has 0 unspecified atom stereocenters. The van der Waals surface area contributed by atoms with Crippen molar-refractivity contribution in [2.45, 2.75) is 20.5 Å². The van der Waals surface area contributed by atoms with Crippen LogP contribution in [-0.4, -0.2) is 18.9 Å². The molecule has 2 aromatic rings. The Bertz CT molecular complexity index is 687. The van der Waals surface area contributed by atoms with E-state index in [0.29, 0.717) is 23.5 Å². The molecule has 4 heteroatoms. The number of carbonyl (C=O) groups is 2. The number of ether oxygens (including phenoxy) is 2. The van der Waals surface area contributed by atoms with Gasteiger partial charge in [-0.2, -0.15) is 0 Å². The number of Topliss-reactive ketones (excluding diaryl/α,β-unsaturated/α-hetero) is 1. The van der Waals surface area contributed by atoms with Gasteiger partial charge in [-0.1, -0.05) is 12.1 Å². The molecule has 0 spiro atoms. The second kappa shape index (κ2) is 6.89. The first-order valence-corrected chi connectivity index (χ1v) is 6.93. The topological polar surface area (TPSA) is 52.6 Å².